The summed E-state index contributed by atoms with van der Waals surface area (Å²) in [6, 6.07) is 23.4. The molecule has 0 N–H and O–H groups in total. The summed E-state index contributed by atoms with van der Waals surface area (Å²) in [6.07, 6.45) is 0. The highest BCUT2D eigenvalue weighted by Gasteiger charge is 2.08. The van der Waals surface area contributed by atoms with Gasteiger partial charge in [0, 0.05) is 0 Å². The van der Waals surface area contributed by atoms with Crippen molar-refractivity contribution in [3.8, 4) is 17.2 Å². The van der Waals surface area contributed by atoms with Crippen LogP contribution in [-0.2, 0) is 0 Å². The molecule has 0 radical (unpaired) electrons. The predicted molar refractivity (Wildman–Crippen MR) is 95.1 cm³/mol. The number of para-hydroxylation sites is 1. The smallest absolute Gasteiger partial charge is 0.343 e. The fourth-order valence-electron chi connectivity index (χ4n) is 2.14. The number of rotatable bonds is 6. The Labute approximate surface area is 146 Å². The first-order valence-electron chi connectivity index (χ1n) is 7.90. The Morgan fingerprint density at radius 3 is 1.88 bits per heavy atom. The zero-order valence-corrected chi connectivity index (χ0v) is 13.8. The number of aryl methyl sites for hydroxylation is 1. The summed E-state index contributed by atoms with van der Waals surface area (Å²) >= 11 is 0. The van der Waals surface area contributed by atoms with Gasteiger partial charge in [-0.15, -0.1) is 0 Å². The van der Waals surface area contributed by atoms with Crippen LogP contribution in [0.25, 0.3) is 0 Å². The molecule has 0 aromatic heterocycles. The highest BCUT2D eigenvalue weighted by molar-refractivity contribution is 5.91. The van der Waals surface area contributed by atoms with Gasteiger partial charge >= 0.3 is 5.97 Å². The van der Waals surface area contributed by atoms with Crippen LogP contribution in [0.15, 0.2) is 78.9 Å². The highest BCUT2D eigenvalue weighted by Crippen LogP contribution is 2.16. The van der Waals surface area contributed by atoms with Crippen LogP contribution < -0.4 is 14.2 Å². The van der Waals surface area contributed by atoms with Gasteiger partial charge in [0.15, 0.2) is 0 Å². The van der Waals surface area contributed by atoms with Crippen LogP contribution >= 0.6 is 0 Å². The van der Waals surface area contributed by atoms with E-state index in [0.717, 1.165) is 5.75 Å². The molecule has 3 aromatic carbocycles. The molecule has 0 aliphatic carbocycles. The van der Waals surface area contributed by atoms with E-state index < -0.39 is 5.97 Å². The molecule has 0 saturated carbocycles. The molecule has 0 saturated heterocycles. The first kappa shape index (κ1) is 16.6. The van der Waals surface area contributed by atoms with Gasteiger partial charge in [0.05, 0.1) is 5.56 Å². The summed E-state index contributed by atoms with van der Waals surface area (Å²) in [5.41, 5.74) is 1.63. The van der Waals surface area contributed by atoms with Crippen LogP contribution in [-0.4, -0.2) is 12.8 Å². The van der Waals surface area contributed by atoms with Crippen molar-refractivity contribution in [2.24, 2.45) is 0 Å². The quantitative estimate of drug-likeness (QED) is 0.374. The third kappa shape index (κ3) is 4.85. The van der Waals surface area contributed by atoms with Crippen molar-refractivity contribution in [1.82, 2.24) is 0 Å². The first-order valence-corrected chi connectivity index (χ1v) is 7.90. The van der Waals surface area contributed by atoms with Crippen molar-refractivity contribution in [2.75, 3.05) is 6.79 Å². The zero-order chi connectivity index (χ0) is 17.5. The second-order valence-corrected chi connectivity index (χ2v) is 5.45. The topological polar surface area (TPSA) is 44.8 Å². The molecule has 0 fully saturated rings. The minimum absolute atomic E-state index is 0.0941. The number of ether oxygens (including phenoxy) is 3. The van der Waals surface area contributed by atoms with Gasteiger partial charge in [-0.2, -0.15) is 0 Å². The average Bonchev–Trinajstić information content (AvgIpc) is 2.65. The lowest BCUT2D eigenvalue weighted by molar-refractivity contribution is 0.0734. The lowest BCUT2D eigenvalue weighted by Crippen LogP contribution is -2.09. The monoisotopic (exact) mass is 334 g/mol. The summed E-state index contributed by atoms with van der Waals surface area (Å²) in [5.74, 6) is 1.46. The molecule has 4 nitrogen and oxygen atoms in total. The van der Waals surface area contributed by atoms with E-state index >= 15 is 0 Å². The summed E-state index contributed by atoms with van der Waals surface area (Å²) in [5, 5.41) is 0. The van der Waals surface area contributed by atoms with E-state index in [0.29, 0.717) is 17.1 Å². The van der Waals surface area contributed by atoms with Crippen molar-refractivity contribution >= 4 is 5.97 Å². The van der Waals surface area contributed by atoms with Gasteiger partial charge in [0.25, 0.3) is 0 Å². The Morgan fingerprint density at radius 2 is 1.28 bits per heavy atom. The first-order chi connectivity index (χ1) is 12.2. The number of carbonyl (C=O) groups excluding carboxylic acids is 1. The van der Waals surface area contributed by atoms with Gasteiger partial charge in [-0.1, -0.05) is 35.9 Å². The van der Waals surface area contributed by atoms with Gasteiger partial charge in [-0.3, -0.25) is 0 Å². The molecule has 3 aromatic rings. The maximum atomic E-state index is 12.1. The second kappa shape index (κ2) is 8.02. The molecule has 0 amide bonds. The van der Waals surface area contributed by atoms with E-state index in [1.165, 1.54) is 5.56 Å². The molecule has 0 spiro atoms. The summed E-state index contributed by atoms with van der Waals surface area (Å²) in [4.78, 5) is 12.1. The van der Waals surface area contributed by atoms with Crippen molar-refractivity contribution in [1.29, 1.82) is 0 Å². The molecule has 0 bridgehead atoms. The third-order valence-electron chi connectivity index (χ3n) is 3.52. The predicted octanol–water partition coefficient (Wildman–Crippen LogP) is 4.63. The van der Waals surface area contributed by atoms with Crippen molar-refractivity contribution in [3.63, 3.8) is 0 Å². The zero-order valence-electron chi connectivity index (χ0n) is 13.8. The molecule has 0 aliphatic rings. The molecule has 3 rings (SSSR count). The summed E-state index contributed by atoms with van der Waals surface area (Å²) in [6.45, 7) is 2.11. The Morgan fingerprint density at radius 1 is 0.720 bits per heavy atom. The molecule has 0 atom stereocenters. The van der Waals surface area contributed by atoms with E-state index in [1.807, 2.05) is 49.4 Å². The summed E-state index contributed by atoms with van der Waals surface area (Å²) < 4.78 is 16.3. The molecule has 4 heteroatoms. The number of benzene rings is 3. The van der Waals surface area contributed by atoms with Gasteiger partial charge in [-0.25, -0.2) is 4.79 Å². The van der Waals surface area contributed by atoms with Gasteiger partial charge in [0.2, 0.25) is 6.79 Å². The van der Waals surface area contributed by atoms with Crippen molar-refractivity contribution < 1.29 is 19.0 Å². The lowest BCUT2D eigenvalue weighted by Gasteiger charge is -2.09. The Bertz CT molecular complexity index is 809. The minimum atomic E-state index is -0.409. The molecule has 0 unspecified atom stereocenters. The van der Waals surface area contributed by atoms with Gasteiger partial charge in [0.1, 0.15) is 17.2 Å². The van der Waals surface area contributed by atoms with Crippen LogP contribution in [0.2, 0.25) is 0 Å². The van der Waals surface area contributed by atoms with E-state index in [9.17, 15) is 4.79 Å². The van der Waals surface area contributed by atoms with Crippen LogP contribution in [0.3, 0.4) is 0 Å². The lowest BCUT2D eigenvalue weighted by atomic mass is 10.2. The fraction of sp³-hybridized carbons (Fsp3) is 0.0952. The Balaban J connectivity index is 1.51. The summed E-state index contributed by atoms with van der Waals surface area (Å²) in [7, 11) is 0. The standard InChI is InChI=1S/C21H18O4/c1-16-7-11-18(12-8-16)23-15-24-19-13-9-17(10-14-19)21(22)25-20-5-3-2-4-6-20/h2-14H,15H2,1H3. The molecule has 0 aliphatic heterocycles. The molecule has 25 heavy (non-hydrogen) atoms. The SMILES string of the molecule is Cc1ccc(OCOc2ccc(C(=O)Oc3ccccc3)cc2)cc1. The molecular weight excluding hydrogens is 316 g/mol. The van der Waals surface area contributed by atoms with E-state index in [1.54, 1.807) is 36.4 Å². The van der Waals surface area contributed by atoms with Gasteiger partial charge < -0.3 is 14.2 Å². The second-order valence-electron chi connectivity index (χ2n) is 5.45. The fourth-order valence-corrected chi connectivity index (χ4v) is 2.14. The van der Waals surface area contributed by atoms with Crippen LogP contribution in [0.4, 0.5) is 0 Å². The number of hydrogen-bond donors (Lipinski definition) is 0. The maximum absolute atomic E-state index is 12.1. The van der Waals surface area contributed by atoms with Crippen LogP contribution in [0.5, 0.6) is 17.2 Å². The Kier molecular flexibility index (Phi) is 5.32. The third-order valence-corrected chi connectivity index (χ3v) is 3.52. The van der Waals surface area contributed by atoms with Gasteiger partial charge in [-0.05, 0) is 55.5 Å². The normalized spacial score (nSPS) is 10.1. The molecule has 126 valence electrons. The van der Waals surface area contributed by atoms with Crippen LogP contribution in [0.1, 0.15) is 15.9 Å². The van der Waals surface area contributed by atoms with E-state index in [2.05, 4.69) is 0 Å². The highest BCUT2D eigenvalue weighted by atomic mass is 16.7. The number of hydrogen-bond acceptors (Lipinski definition) is 4. The largest absolute Gasteiger partial charge is 0.458 e. The van der Waals surface area contributed by atoms with E-state index in [-0.39, 0.29) is 6.79 Å². The number of esters is 1. The average molecular weight is 334 g/mol. The number of carbonyl (C=O) groups is 1. The minimum Gasteiger partial charge on any atom is -0.458 e. The van der Waals surface area contributed by atoms with Crippen molar-refractivity contribution in [2.45, 2.75) is 6.92 Å². The van der Waals surface area contributed by atoms with E-state index in [4.69, 9.17) is 14.2 Å². The molecular formula is C21H18O4. The maximum Gasteiger partial charge on any atom is 0.343 e. The Hall–Kier alpha value is -3.27. The van der Waals surface area contributed by atoms with Crippen molar-refractivity contribution in [3.05, 3.63) is 90.0 Å². The molecule has 0 heterocycles. The van der Waals surface area contributed by atoms with Crippen LogP contribution in [0, 0.1) is 6.92 Å².